The topological polar surface area (TPSA) is 38.0 Å². The minimum absolute atomic E-state index is 0.263. The second-order valence-corrected chi connectivity index (χ2v) is 4.78. The lowest BCUT2D eigenvalue weighted by molar-refractivity contribution is 0.270. The molecule has 0 atom stereocenters. The molecule has 2 rings (SSSR count). The molecule has 2 nitrogen and oxygen atoms in total. The molecule has 3 N–H and O–H groups in total. The number of benzene rings is 1. The molecule has 0 aromatic heterocycles. The Hall–Kier alpha value is -0.890. The van der Waals surface area contributed by atoms with E-state index in [1.807, 2.05) is 18.2 Å². The number of hydrogen-bond donors (Lipinski definition) is 2. The number of nitrogen functional groups attached to an aromatic ring is 1. The summed E-state index contributed by atoms with van der Waals surface area (Å²) in [5.74, 6) is 0. The van der Waals surface area contributed by atoms with Crippen LogP contribution in [-0.2, 0) is 0 Å². The first-order valence-electron chi connectivity index (χ1n) is 5.48. The van der Waals surface area contributed by atoms with Gasteiger partial charge in [0.2, 0.25) is 0 Å². The van der Waals surface area contributed by atoms with Crippen LogP contribution in [0.4, 0.5) is 11.4 Å². The first-order valence-corrected chi connectivity index (χ1v) is 5.86. The minimum atomic E-state index is 0.263. The predicted molar refractivity (Wildman–Crippen MR) is 66.4 cm³/mol. The van der Waals surface area contributed by atoms with Crippen LogP contribution >= 0.6 is 11.6 Å². The van der Waals surface area contributed by atoms with E-state index in [1.165, 1.54) is 19.3 Å². The van der Waals surface area contributed by atoms with E-state index in [2.05, 4.69) is 12.2 Å². The average Bonchev–Trinajstić information content (AvgIpc) is 2.17. The number of hydrogen-bond acceptors (Lipinski definition) is 2. The van der Waals surface area contributed by atoms with E-state index in [4.69, 9.17) is 17.3 Å². The molecule has 0 radical (unpaired) electrons. The first kappa shape index (κ1) is 10.6. The normalized spacial score (nSPS) is 18.3. The molecule has 0 spiro atoms. The van der Waals surface area contributed by atoms with Gasteiger partial charge in [-0.05, 0) is 43.9 Å². The van der Waals surface area contributed by atoms with E-state index in [0.29, 0.717) is 0 Å². The molecule has 3 heteroatoms. The maximum absolute atomic E-state index is 5.95. The van der Waals surface area contributed by atoms with Crippen LogP contribution in [0.5, 0.6) is 0 Å². The summed E-state index contributed by atoms with van der Waals surface area (Å²) in [5, 5.41) is 4.27. The van der Waals surface area contributed by atoms with Crippen LogP contribution < -0.4 is 11.1 Å². The molecule has 0 aliphatic heterocycles. The van der Waals surface area contributed by atoms with Gasteiger partial charge in [-0.1, -0.05) is 18.5 Å². The van der Waals surface area contributed by atoms with Gasteiger partial charge in [0, 0.05) is 10.6 Å². The van der Waals surface area contributed by atoms with Crippen LogP contribution in [0.2, 0.25) is 5.02 Å². The number of nitrogens with two attached hydrogens (primary N) is 1. The van der Waals surface area contributed by atoms with Crippen LogP contribution in [0.1, 0.15) is 32.6 Å². The van der Waals surface area contributed by atoms with Crippen LogP contribution in [0.3, 0.4) is 0 Å². The van der Waals surface area contributed by atoms with Crippen molar-refractivity contribution in [1.29, 1.82) is 0 Å². The summed E-state index contributed by atoms with van der Waals surface area (Å²) >= 11 is 5.95. The van der Waals surface area contributed by atoms with Crippen molar-refractivity contribution in [3.63, 3.8) is 0 Å². The molecule has 0 bridgehead atoms. The fourth-order valence-corrected chi connectivity index (χ4v) is 2.27. The summed E-state index contributed by atoms with van der Waals surface area (Å²) in [7, 11) is 0. The Labute approximate surface area is 95.8 Å². The number of rotatable bonds is 3. The second kappa shape index (κ2) is 3.93. The highest BCUT2D eigenvalue weighted by molar-refractivity contribution is 6.31. The van der Waals surface area contributed by atoms with E-state index in [9.17, 15) is 0 Å². The Morgan fingerprint density at radius 1 is 1.47 bits per heavy atom. The summed E-state index contributed by atoms with van der Waals surface area (Å²) in [4.78, 5) is 0. The van der Waals surface area contributed by atoms with Crippen LogP contribution in [0, 0.1) is 0 Å². The number of anilines is 2. The van der Waals surface area contributed by atoms with Gasteiger partial charge < -0.3 is 11.1 Å². The highest BCUT2D eigenvalue weighted by atomic mass is 35.5. The van der Waals surface area contributed by atoms with Gasteiger partial charge in [0.15, 0.2) is 0 Å². The van der Waals surface area contributed by atoms with Crippen molar-refractivity contribution >= 4 is 23.0 Å². The van der Waals surface area contributed by atoms with E-state index >= 15 is 0 Å². The number of nitrogens with one attached hydrogen (secondary N) is 1. The lowest BCUT2D eigenvalue weighted by Gasteiger charge is -2.43. The van der Waals surface area contributed by atoms with Gasteiger partial charge in [0.05, 0.1) is 11.4 Å². The Morgan fingerprint density at radius 2 is 2.20 bits per heavy atom. The van der Waals surface area contributed by atoms with Crippen LogP contribution in [-0.4, -0.2) is 5.54 Å². The van der Waals surface area contributed by atoms with Crippen LogP contribution in [0.15, 0.2) is 18.2 Å². The van der Waals surface area contributed by atoms with Crippen molar-refractivity contribution in [3.05, 3.63) is 23.2 Å². The van der Waals surface area contributed by atoms with Gasteiger partial charge in [-0.15, -0.1) is 0 Å². The van der Waals surface area contributed by atoms with Gasteiger partial charge in [0.1, 0.15) is 0 Å². The lowest BCUT2D eigenvalue weighted by atomic mass is 9.74. The quantitative estimate of drug-likeness (QED) is 0.769. The second-order valence-electron chi connectivity index (χ2n) is 4.34. The number of halogens is 1. The molecule has 0 heterocycles. The molecule has 1 aliphatic carbocycles. The standard InChI is InChI=1S/C12H17ClN2/c1-2-12(6-3-7-12)15-11-8-9(13)4-5-10(11)14/h4-5,8,15H,2-3,6-7,14H2,1H3. The molecule has 1 aromatic rings. The summed E-state index contributed by atoms with van der Waals surface area (Å²) < 4.78 is 0. The van der Waals surface area contributed by atoms with Crippen molar-refractivity contribution in [2.45, 2.75) is 38.1 Å². The van der Waals surface area contributed by atoms with E-state index < -0.39 is 0 Å². The van der Waals surface area contributed by atoms with Gasteiger partial charge in [-0.2, -0.15) is 0 Å². The molecule has 15 heavy (non-hydrogen) atoms. The maximum atomic E-state index is 5.95. The highest BCUT2D eigenvalue weighted by Gasteiger charge is 2.35. The predicted octanol–water partition coefficient (Wildman–Crippen LogP) is 3.67. The van der Waals surface area contributed by atoms with Crippen molar-refractivity contribution in [2.24, 2.45) is 0 Å². The summed E-state index contributed by atoms with van der Waals surface area (Å²) in [6.45, 7) is 2.22. The smallest absolute Gasteiger partial charge is 0.0593 e. The van der Waals surface area contributed by atoms with Gasteiger partial charge in [-0.3, -0.25) is 0 Å². The molecule has 1 saturated carbocycles. The Morgan fingerprint density at radius 3 is 2.73 bits per heavy atom. The molecule has 0 unspecified atom stereocenters. The van der Waals surface area contributed by atoms with Crippen molar-refractivity contribution in [2.75, 3.05) is 11.1 Å². The average molecular weight is 225 g/mol. The lowest BCUT2D eigenvalue weighted by Crippen LogP contribution is -2.44. The molecule has 1 aliphatic rings. The third kappa shape index (κ3) is 2.05. The van der Waals surface area contributed by atoms with Crippen LogP contribution in [0.25, 0.3) is 0 Å². The Bertz CT molecular complexity index is 353. The molecule has 0 amide bonds. The van der Waals surface area contributed by atoms with Crippen molar-refractivity contribution in [1.82, 2.24) is 0 Å². The third-order valence-corrected chi connectivity index (χ3v) is 3.64. The SMILES string of the molecule is CCC1(Nc2cc(Cl)ccc2N)CCC1. The van der Waals surface area contributed by atoms with Crippen molar-refractivity contribution in [3.8, 4) is 0 Å². The largest absolute Gasteiger partial charge is 0.397 e. The monoisotopic (exact) mass is 224 g/mol. The first-order chi connectivity index (χ1) is 7.15. The fourth-order valence-electron chi connectivity index (χ4n) is 2.09. The van der Waals surface area contributed by atoms with Gasteiger partial charge >= 0.3 is 0 Å². The molecule has 1 aromatic carbocycles. The zero-order chi connectivity index (χ0) is 10.9. The van der Waals surface area contributed by atoms with Crippen molar-refractivity contribution < 1.29 is 0 Å². The molecular formula is C12H17ClN2. The summed E-state index contributed by atoms with van der Waals surface area (Å²) in [6, 6.07) is 5.58. The van der Waals surface area contributed by atoms with Gasteiger partial charge in [-0.25, -0.2) is 0 Å². The van der Waals surface area contributed by atoms with Gasteiger partial charge in [0.25, 0.3) is 0 Å². The zero-order valence-corrected chi connectivity index (χ0v) is 9.77. The highest BCUT2D eigenvalue weighted by Crippen LogP contribution is 2.39. The molecule has 82 valence electrons. The van der Waals surface area contributed by atoms with E-state index in [-0.39, 0.29) is 5.54 Å². The maximum Gasteiger partial charge on any atom is 0.0593 e. The molecule has 1 fully saturated rings. The summed E-state index contributed by atoms with van der Waals surface area (Å²) in [5.41, 5.74) is 7.92. The third-order valence-electron chi connectivity index (χ3n) is 3.40. The zero-order valence-electron chi connectivity index (χ0n) is 9.02. The van der Waals surface area contributed by atoms with E-state index in [1.54, 1.807) is 0 Å². The molecule has 0 saturated heterocycles. The summed E-state index contributed by atoms with van der Waals surface area (Å²) in [6.07, 6.45) is 4.91. The Kier molecular flexibility index (Phi) is 2.79. The minimum Gasteiger partial charge on any atom is -0.397 e. The fraction of sp³-hybridized carbons (Fsp3) is 0.500. The molecular weight excluding hydrogens is 208 g/mol. The van der Waals surface area contributed by atoms with E-state index in [0.717, 1.165) is 22.8 Å². The Balaban J connectivity index is 2.19.